The number of hydrogen-bond donors (Lipinski definition) is 1. The van der Waals surface area contributed by atoms with Crippen LogP contribution in [-0.4, -0.2) is 27.9 Å². The predicted octanol–water partition coefficient (Wildman–Crippen LogP) is 2.00. The van der Waals surface area contributed by atoms with E-state index in [0.717, 1.165) is 29.4 Å². The molecule has 2 aliphatic rings. The van der Waals surface area contributed by atoms with Crippen molar-refractivity contribution in [1.29, 1.82) is 0 Å². The average Bonchev–Trinajstić information content (AvgIpc) is 3.17. The fourth-order valence-electron chi connectivity index (χ4n) is 2.65. The van der Waals surface area contributed by atoms with Crippen molar-refractivity contribution in [3.63, 3.8) is 0 Å². The van der Waals surface area contributed by atoms with Gasteiger partial charge in [0, 0.05) is 29.2 Å². The van der Waals surface area contributed by atoms with Crippen molar-refractivity contribution in [2.75, 3.05) is 0 Å². The summed E-state index contributed by atoms with van der Waals surface area (Å²) < 4.78 is 0.944. The van der Waals surface area contributed by atoms with Crippen LogP contribution < -0.4 is 5.73 Å². The highest BCUT2D eigenvalue weighted by molar-refractivity contribution is 9.10. The van der Waals surface area contributed by atoms with E-state index in [0.29, 0.717) is 12.5 Å². The molecule has 1 saturated heterocycles. The van der Waals surface area contributed by atoms with E-state index in [1.54, 1.807) is 6.20 Å². The molecule has 2 heterocycles. The molecule has 0 spiro atoms. The van der Waals surface area contributed by atoms with Crippen LogP contribution in [0.25, 0.3) is 0 Å². The maximum absolute atomic E-state index is 12.1. The number of pyridine rings is 1. The topological polar surface area (TPSA) is 59.2 Å². The van der Waals surface area contributed by atoms with E-state index in [-0.39, 0.29) is 18.0 Å². The first-order valence-corrected chi connectivity index (χ1v) is 7.14. The Morgan fingerprint density at radius 3 is 2.72 bits per heavy atom. The van der Waals surface area contributed by atoms with E-state index in [2.05, 4.69) is 20.9 Å². The first-order chi connectivity index (χ1) is 8.66. The highest BCUT2D eigenvalue weighted by Crippen LogP contribution is 2.39. The Kier molecular flexibility index (Phi) is 3.11. The molecular weight excluding hydrogens is 294 g/mol. The lowest BCUT2D eigenvalue weighted by Crippen LogP contribution is -2.50. The minimum absolute atomic E-state index is 0.00280. The van der Waals surface area contributed by atoms with Crippen LogP contribution in [0, 0.1) is 0 Å². The summed E-state index contributed by atoms with van der Waals surface area (Å²) >= 11 is 3.38. The van der Waals surface area contributed by atoms with Gasteiger partial charge in [-0.25, -0.2) is 0 Å². The summed E-state index contributed by atoms with van der Waals surface area (Å²) in [7, 11) is 0. The zero-order chi connectivity index (χ0) is 12.7. The molecule has 18 heavy (non-hydrogen) atoms. The van der Waals surface area contributed by atoms with Gasteiger partial charge < -0.3 is 10.6 Å². The van der Waals surface area contributed by atoms with E-state index in [9.17, 15) is 4.79 Å². The van der Waals surface area contributed by atoms with Gasteiger partial charge in [-0.15, -0.1) is 0 Å². The van der Waals surface area contributed by atoms with Crippen LogP contribution in [0.3, 0.4) is 0 Å². The SMILES string of the molecule is NC1CCC(=O)N(C2CC2)C1c1ccc(Br)cn1. The average molecular weight is 310 g/mol. The lowest BCUT2D eigenvalue weighted by molar-refractivity contribution is -0.138. The van der Waals surface area contributed by atoms with Gasteiger partial charge in [0.05, 0.1) is 11.7 Å². The molecule has 5 heteroatoms. The van der Waals surface area contributed by atoms with Gasteiger partial charge in [-0.05, 0) is 47.3 Å². The van der Waals surface area contributed by atoms with Crippen molar-refractivity contribution in [2.24, 2.45) is 5.73 Å². The van der Waals surface area contributed by atoms with Gasteiger partial charge in [0.2, 0.25) is 5.91 Å². The summed E-state index contributed by atoms with van der Waals surface area (Å²) in [4.78, 5) is 18.5. The molecule has 0 aromatic carbocycles. The Bertz CT molecular complexity index is 458. The Morgan fingerprint density at radius 1 is 1.33 bits per heavy atom. The molecule has 2 unspecified atom stereocenters. The second-order valence-electron chi connectivity index (χ2n) is 5.08. The number of halogens is 1. The summed E-state index contributed by atoms with van der Waals surface area (Å²) in [5.41, 5.74) is 7.13. The molecule has 2 atom stereocenters. The Labute approximate surface area is 115 Å². The standard InChI is InChI=1S/C13H16BrN3O/c14-8-1-5-11(16-7-8)13-10(15)4-6-12(18)17(13)9-2-3-9/h1,5,7,9-10,13H,2-4,6,15H2. The Balaban J connectivity index is 1.94. The van der Waals surface area contributed by atoms with Gasteiger partial charge in [-0.1, -0.05) is 0 Å². The molecule has 1 amide bonds. The zero-order valence-corrected chi connectivity index (χ0v) is 11.6. The van der Waals surface area contributed by atoms with Gasteiger partial charge in [0.25, 0.3) is 0 Å². The van der Waals surface area contributed by atoms with Crippen LogP contribution in [-0.2, 0) is 4.79 Å². The van der Waals surface area contributed by atoms with Gasteiger partial charge in [-0.3, -0.25) is 9.78 Å². The van der Waals surface area contributed by atoms with E-state index >= 15 is 0 Å². The van der Waals surface area contributed by atoms with Gasteiger partial charge in [-0.2, -0.15) is 0 Å². The van der Waals surface area contributed by atoms with Crippen molar-refractivity contribution in [2.45, 2.75) is 43.8 Å². The molecule has 1 aromatic rings. The normalized spacial score (nSPS) is 28.6. The zero-order valence-electron chi connectivity index (χ0n) is 10.1. The van der Waals surface area contributed by atoms with Crippen molar-refractivity contribution in [1.82, 2.24) is 9.88 Å². The lowest BCUT2D eigenvalue weighted by Gasteiger charge is -2.39. The first kappa shape index (κ1) is 12.1. The number of nitrogens with two attached hydrogens (primary N) is 1. The molecule has 4 nitrogen and oxygen atoms in total. The van der Waals surface area contributed by atoms with Gasteiger partial charge in [0.15, 0.2) is 0 Å². The van der Waals surface area contributed by atoms with Crippen LogP contribution in [0.2, 0.25) is 0 Å². The molecule has 3 rings (SSSR count). The fourth-order valence-corrected chi connectivity index (χ4v) is 2.88. The molecule has 1 aliphatic heterocycles. The molecule has 1 aliphatic carbocycles. The molecule has 2 N–H and O–H groups in total. The number of rotatable bonds is 2. The molecule has 96 valence electrons. The van der Waals surface area contributed by atoms with E-state index in [1.165, 1.54) is 0 Å². The number of hydrogen-bond acceptors (Lipinski definition) is 3. The highest BCUT2D eigenvalue weighted by atomic mass is 79.9. The lowest BCUT2D eigenvalue weighted by atomic mass is 9.93. The molecule has 0 radical (unpaired) electrons. The van der Waals surface area contributed by atoms with Crippen molar-refractivity contribution in [3.8, 4) is 0 Å². The Morgan fingerprint density at radius 2 is 2.11 bits per heavy atom. The first-order valence-electron chi connectivity index (χ1n) is 6.35. The highest BCUT2D eigenvalue weighted by Gasteiger charge is 2.43. The maximum Gasteiger partial charge on any atom is 0.223 e. The van der Waals surface area contributed by atoms with Crippen molar-refractivity contribution in [3.05, 3.63) is 28.5 Å². The van der Waals surface area contributed by atoms with E-state index in [4.69, 9.17) is 5.73 Å². The van der Waals surface area contributed by atoms with E-state index in [1.807, 2.05) is 17.0 Å². The third kappa shape index (κ3) is 2.17. The number of carbonyl (C=O) groups excluding carboxylic acids is 1. The summed E-state index contributed by atoms with van der Waals surface area (Å²) in [6.07, 6.45) is 5.30. The number of piperidine rings is 1. The molecule has 0 bridgehead atoms. The smallest absolute Gasteiger partial charge is 0.223 e. The number of nitrogens with zero attached hydrogens (tertiary/aromatic N) is 2. The summed E-state index contributed by atoms with van der Waals surface area (Å²) in [6.45, 7) is 0. The number of amides is 1. The molecule has 1 saturated carbocycles. The number of carbonyl (C=O) groups is 1. The van der Waals surface area contributed by atoms with Crippen LogP contribution in [0.5, 0.6) is 0 Å². The molecule has 1 aromatic heterocycles. The van der Waals surface area contributed by atoms with Crippen LogP contribution in [0.4, 0.5) is 0 Å². The van der Waals surface area contributed by atoms with Crippen LogP contribution in [0.15, 0.2) is 22.8 Å². The fraction of sp³-hybridized carbons (Fsp3) is 0.538. The third-order valence-corrected chi connectivity index (χ3v) is 4.15. The summed E-state index contributed by atoms with van der Waals surface area (Å²) in [5, 5.41) is 0. The summed E-state index contributed by atoms with van der Waals surface area (Å²) in [5.74, 6) is 0.230. The second-order valence-corrected chi connectivity index (χ2v) is 6.00. The molecule has 2 fully saturated rings. The quantitative estimate of drug-likeness (QED) is 0.909. The van der Waals surface area contributed by atoms with Crippen LogP contribution in [0.1, 0.15) is 37.4 Å². The predicted molar refractivity (Wildman–Crippen MR) is 71.8 cm³/mol. The number of likely N-dealkylation sites (tertiary alicyclic amines) is 1. The monoisotopic (exact) mass is 309 g/mol. The minimum atomic E-state index is -0.0492. The number of aromatic nitrogens is 1. The largest absolute Gasteiger partial charge is 0.330 e. The van der Waals surface area contributed by atoms with Gasteiger partial charge >= 0.3 is 0 Å². The maximum atomic E-state index is 12.1. The third-order valence-electron chi connectivity index (χ3n) is 3.68. The van der Waals surface area contributed by atoms with Crippen molar-refractivity contribution < 1.29 is 4.79 Å². The second kappa shape index (κ2) is 4.63. The summed E-state index contributed by atoms with van der Waals surface area (Å²) in [6, 6.07) is 4.25. The van der Waals surface area contributed by atoms with Crippen molar-refractivity contribution >= 4 is 21.8 Å². The van der Waals surface area contributed by atoms with E-state index < -0.39 is 0 Å². The van der Waals surface area contributed by atoms with Crippen LogP contribution >= 0.6 is 15.9 Å². The Hall–Kier alpha value is -0.940. The minimum Gasteiger partial charge on any atom is -0.330 e. The molecular formula is C13H16BrN3O. The van der Waals surface area contributed by atoms with Gasteiger partial charge in [0.1, 0.15) is 0 Å².